The first-order valence-electron chi connectivity index (χ1n) is 11.6. The maximum atomic E-state index is 12.1. The number of nitrogens with zero attached hydrogens (tertiary/aromatic N) is 5. The van der Waals surface area contributed by atoms with Crippen LogP contribution in [-0.2, 0) is 0 Å². The van der Waals surface area contributed by atoms with Crippen LogP contribution in [0.15, 0.2) is 24.5 Å². The van der Waals surface area contributed by atoms with Crippen LogP contribution >= 0.6 is 0 Å². The molecule has 9 heteroatoms. The summed E-state index contributed by atoms with van der Waals surface area (Å²) in [4.78, 5) is 34.5. The van der Waals surface area contributed by atoms with Crippen molar-refractivity contribution in [3.05, 3.63) is 30.1 Å². The molecular weight excluding hydrogens is 406 g/mol. The van der Waals surface area contributed by atoms with Gasteiger partial charge in [-0.15, -0.1) is 0 Å². The molecular formula is C23H31N7O2. The molecule has 2 aromatic heterocycles. The highest BCUT2D eigenvalue weighted by Gasteiger charge is 2.25. The molecule has 2 fully saturated rings. The molecule has 1 aliphatic carbocycles. The van der Waals surface area contributed by atoms with Crippen molar-refractivity contribution in [3.8, 4) is 0 Å². The summed E-state index contributed by atoms with van der Waals surface area (Å²) in [6.07, 6.45) is 9.86. The van der Waals surface area contributed by atoms with E-state index < -0.39 is 5.97 Å². The van der Waals surface area contributed by atoms with Crippen LogP contribution in [0.1, 0.15) is 42.5 Å². The second-order valence-corrected chi connectivity index (χ2v) is 9.07. The minimum Gasteiger partial charge on any atom is -0.478 e. The van der Waals surface area contributed by atoms with E-state index in [0.29, 0.717) is 22.9 Å². The molecule has 0 atom stereocenters. The van der Waals surface area contributed by atoms with E-state index in [-0.39, 0.29) is 0 Å². The zero-order valence-corrected chi connectivity index (χ0v) is 18.5. The highest BCUT2D eigenvalue weighted by molar-refractivity contribution is 6.00. The number of hydrogen-bond donors (Lipinski definition) is 3. The number of aromatic carboxylic acids is 1. The highest BCUT2D eigenvalue weighted by atomic mass is 16.4. The lowest BCUT2D eigenvalue weighted by atomic mass is 9.89. The number of carboxylic acids is 1. The molecule has 0 radical (unpaired) electrons. The van der Waals surface area contributed by atoms with Gasteiger partial charge in [0.05, 0.1) is 22.3 Å². The molecule has 1 aromatic carbocycles. The number of carboxylic acid groups (broad SMARTS) is 1. The highest BCUT2D eigenvalue weighted by Crippen LogP contribution is 2.32. The van der Waals surface area contributed by atoms with Crippen LogP contribution in [0.25, 0.3) is 11.0 Å². The second kappa shape index (κ2) is 8.82. The molecule has 5 rings (SSSR count). The Bertz CT molecular complexity index is 1060. The lowest BCUT2D eigenvalue weighted by Crippen LogP contribution is -2.45. The van der Waals surface area contributed by atoms with Crippen molar-refractivity contribution >= 4 is 34.6 Å². The topological polar surface area (TPSA) is 104 Å². The third-order valence-electron chi connectivity index (χ3n) is 6.82. The van der Waals surface area contributed by atoms with Crippen molar-refractivity contribution in [2.75, 3.05) is 49.6 Å². The van der Waals surface area contributed by atoms with E-state index in [4.69, 9.17) is 4.98 Å². The van der Waals surface area contributed by atoms with Crippen LogP contribution in [0.3, 0.4) is 0 Å². The number of anilines is 3. The summed E-state index contributed by atoms with van der Waals surface area (Å²) in [6, 6.07) is 3.65. The summed E-state index contributed by atoms with van der Waals surface area (Å²) in [5, 5.41) is 9.89. The molecule has 0 unspecified atom stereocenters. The van der Waals surface area contributed by atoms with Crippen molar-refractivity contribution in [1.82, 2.24) is 24.8 Å². The first kappa shape index (κ1) is 20.8. The number of fused-ring (bicyclic) bond motifs is 1. The molecule has 1 saturated heterocycles. The number of benzene rings is 1. The number of aromatic nitrogens is 4. The maximum Gasteiger partial charge on any atom is 0.337 e. The van der Waals surface area contributed by atoms with Crippen LogP contribution in [0.4, 0.5) is 17.6 Å². The predicted molar refractivity (Wildman–Crippen MR) is 125 cm³/mol. The first-order chi connectivity index (χ1) is 15.6. The van der Waals surface area contributed by atoms with Gasteiger partial charge < -0.3 is 24.9 Å². The standard InChI is InChI=1S/C23H31N7O2/c1-28-9-11-29(12-10-28)20-14-19-18(13-17(20)21(31)32)26-23(27-19)30(22-24-7-8-25-22)15-16-5-3-2-4-6-16/h7-8,13-14,16H,2-6,9-12,15H2,1H3,(H,24,25)(H,26,27)(H,31,32). The smallest absolute Gasteiger partial charge is 0.337 e. The van der Waals surface area contributed by atoms with Crippen LogP contribution in [0.2, 0.25) is 0 Å². The number of piperazine rings is 1. The van der Waals surface area contributed by atoms with Gasteiger partial charge in [-0.25, -0.2) is 14.8 Å². The third-order valence-corrected chi connectivity index (χ3v) is 6.82. The summed E-state index contributed by atoms with van der Waals surface area (Å²) in [7, 11) is 2.09. The number of carbonyl (C=O) groups is 1. The fraction of sp³-hybridized carbons (Fsp3) is 0.522. The van der Waals surface area contributed by atoms with Gasteiger partial charge in [0.15, 0.2) is 0 Å². The molecule has 3 heterocycles. The fourth-order valence-electron chi connectivity index (χ4n) is 4.95. The van der Waals surface area contributed by atoms with Crippen LogP contribution < -0.4 is 9.80 Å². The van der Waals surface area contributed by atoms with E-state index in [0.717, 1.165) is 49.9 Å². The second-order valence-electron chi connectivity index (χ2n) is 9.07. The van der Waals surface area contributed by atoms with Gasteiger partial charge in [0.1, 0.15) is 0 Å². The average molecular weight is 438 g/mol. The predicted octanol–water partition coefficient (Wildman–Crippen LogP) is 3.45. The fourth-order valence-corrected chi connectivity index (χ4v) is 4.95. The lowest BCUT2D eigenvalue weighted by molar-refractivity contribution is 0.0697. The zero-order chi connectivity index (χ0) is 22.1. The number of hydrogen-bond acceptors (Lipinski definition) is 6. The summed E-state index contributed by atoms with van der Waals surface area (Å²) < 4.78 is 0. The molecule has 3 N–H and O–H groups in total. The van der Waals surface area contributed by atoms with Crippen molar-refractivity contribution in [2.45, 2.75) is 32.1 Å². The lowest BCUT2D eigenvalue weighted by Gasteiger charge is -2.34. The Balaban J connectivity index is 1.51. The van der Waals surface area contributed by atoms with Crippen LogP contribution in [-0.4, -0.2) is 75.7 Å². The normalized spacial score (nSPS) is 18.3. The number of H-pyrrole nitrogens is 2. The number of likely N-dealkylation sites (N-methyl/N-ethyl adjacent to an activating group) is 1. The van der Waals surface area contributed by atoms with Gasteiger partial charge in [0.2, 0.25) is 11.9 Å². The molecule has 9 nitrogen and oxygen atoms in total. The molecule has 3 aromatic rings. The first-order valence-corrected chi connectivity index (χ1v) is 11.6. The Morgan fingerprint density at radius 2 is 1.94 bits per heavy atom. The number of imidazole rings is 2. The molecule has 1 aliphatic heterocycles. The molecule has 170 valence electrons. The Morgan fingerprint density at radius 1 is 1.16 bits per heavy atom. The number of aromatic amines is 2. The number of rotatable bonds is 6. The Morgan fingerprint density at radius 3 is 2.62 bits per heavy atom. The SMILES string of the molecule is CN1CCN(c2cc3[nH]c(N(CC4CCCCC4)c4ncc[nH]4)nc3cc2C(=O)O)CC1. The largest absolute Gasteiger partial charge is 0.478 e. The van der Waals surface area contributed by atoms with E-state index in [2.05, 4.69) is 36.7 Å². The van der Waals surface area contributed by atoms with Gasteiger partial charge in [0.25, 0.3) is 0 Å². The van der Waals surface area contributed by atoms with E-state index >= 15 is 0 Å². The van der Waals surface area contributed by atoms with Crippen molar-refractivity contribution in [1.29, 1.82) is 0 Å². The number of nitrogens with one attached hydrogen (secondary N) is 2. The Kier molecular flexibility index (Phi) is 5.73. The average Bonchev–Trinajstić information content (AvgIpc) is 3.47. The van der Waals surface area contributed by atoms with Gasteiger partial charge in [-0.3, -0.25) is 4.90 Å². The van der Waals surface area contributed by atoms with Crippen molar-refractivity contribution in [3.63, 3.8) is 0 Å². The van der Waals surface area contributed by atoms with Gasteiger partial charge >= 0.3 is 5.97 Å². The molecule has 1 saturated carbocycles. The maximum absolute atomic E-state index is 12.1. The summed E-state index contributed by atoms with van der Waals surface area (Å²) >= 11 is 0. The Labute approximate surface area is 187 Å². The van der Waals surface area contributed by atoms with E-state index in [1.165, 1.54) is 32.1 Å². The molecule has 0 amide bonds. The van der Waals surface area contributed by atoms with Gasteiger partial charge in [-0.2, -0.15) is 0 Å². The molecule has 0 bridgehead atoms. The van der Waals surface area contributed by atoms with Crippen LogP contribution in [0, 0.1) is 5.92 Å². The summed E-state index contributed by atoms with van der Waals surface area (Å²) in [5.41, 5.74) is 2.57. The van der Waals surface area contributed by atoms with Gasteiger partial charge in [0, 0.05) is 45.1 Å². The third kappa shape index (κ3) is 4.17. The van der Waals surface area contributed by atoms with Gasteiger partial charge in [-0.05, 0) is 37.9 Å². The van der Waals surface area contributed by atoms with E-state index in [1.807, 2.05) is 12.3 Å². The Hall–Kier alpha value is -3.07. The minimum absolute atomic E-state index is 0.303. The molecule has 2 aliphatic rings. The monoisotopic (exact) mass is 437 g/mol. The zero-order valence-electron chi connectivity index (χ0n) is 18.5. The van der Waals surface area contributed by atoms with Crippen molar-refractivity contribution < 1.29 is 9.90 Å². The quantitative estimate of drug-likeness (QED) is 0.542. The summed E-state index contributed by atoms with van der Waals surface area (Å²) in [6.45, 7) is 4.29. The summed E-state index contributed by atoms with van der Waals surface area (Å²) in [5.74, 6) is 1.13. The molecule has 32 heavy (non-hydrogen) atoms. The van der Waals surface area contributed by atoms with E-state index in [9.17, 15) is 9.90 Å². The minimum atomic E-state index is -0.921. The molecule has 0 spiro atoms. The van der Waals surface area contributed by atoms with Crippen LogP contribution in [0.5, 0.6) is 0 Å². The van der Waals surface area contributed by atoms with Crippen molar-refractivity contribution in [2.24, 2.45) is 5.92 Å². The van der Waals surface area contributed by atoms with E-state index in [1.54, 1.807) is 12.3 Å². The van der Waals surface area contributed by atoms with Gasteiger partial charge in [-0.1, -0.05) is 19.3 Å².